The predicted molar refractivity (Wildman–Crippen MR) is 110 cm³/mol. The lowest BCUT2D eigenvalue weighted by Gasteiger charge is -2.32. The fourth-order valence-corrected chi connectivity index (χ4v) is 5.19. The molecule has 1 aliphatic rings. The van der Waals surface area contributed by atoms with Crippen LogP contribution in [0.5, 0.6) is 0 Å². The highest BCUT2D eigenvalue weighted by atomic mass is 32.2. The SMILES string of the molecule is O=C(O)N[C@@H](CS(=O)(=O)N1CCC(OCc2cc(F)ccc2F)CC1)c1ccccc1. The molecule has 0 unspecified atom stereocenters. The molecule has 1 amide bonds. The van der Waals surface area contributed by atoms with Crippen molar-refractivity contribution in [2.75, 3.05) is 18.8 Å². The molecule has 1 aliphatic heterocycles. The van der Waals surface area contributed by atoms with Crippen LogP contribution in [0.15, 0.2) is 48.5 Å². The zero-order valence-electron chi connectivity index (χ0n) is 16.7. The first-order valence-corrected chi connectivity index (χ1v) is 11.4. The summed E-state index contributed by atoms with van der Waals surface area (Å²) in [5.74, 6) is -1.51. The van der Waals surface area contributed by atoms with Gasteiger partial charge in [0, 0.05) is 18.7 Å². The van der Waals surface area contributed by atoms with Gasteiger partial charge in [-0.15, -0.1) is 0 Å². The maximum absolute atomic E-state index is 13.7. The maximum atomic E-state index is 13.7. The van der Waals surface area contributed by atoms with Gasteiger partial charge in [0.05, 0.1) is 24.5 Å². The third-order valence-electron chi connectivity index (χ3n) is 5.15. The van der Waals surface area contributed by atoms with E-state index in [1.807, 2.05) is 0 Å². The van der Waals surface area contributed by atoms with E-state index in [1.54, 1.807) is 30.3 Å². The monoisotopic (exact) mass is 454 g/mol. The van der Waals surface area contributed by atoms with Crippen molar-refractivity contribution < 1.29 is 31.8 Å². The van der Waals surface area contributed by atoms with Gasteiger partial charge in [-0.2, -0.15) is 0 Å². The largest absolute Gasteiger partial charge is 0.465 e. The van der Waals surface area contributed by atoms with Crippen LogP contribution in [0.2, 0.25) is 0 Å². The summed E-state index contributed by atoms with van der Waals surface area (Å²) in [7, 11) is -3.74. The lowest BCUT2D eigenvalue weighted by atomic mass is 10.1. The fourth-order valence-electron chi connectivity index (χ4n) is 3.51. The van der Waals surface area contributed by atoms with E-state index < -0.39 is 39.5 Å². The molecular formula is C21H24F2N2O5S. The van der Waals surface area contributed by atoms with Crippen LogP contribution in [-0.4, -0.2) is 48.9 Å². The van der Waals surface area contributed by atoms with Crippen molar-refractivity contribution in [3.05, 3.63) is 71.3 Å². The van der Waals surface area contributed by atoms with Crippen molar-refractivity contribution in [2.45, 2.75) is 31.6 Å². The summed E-state index contributed by atoms with van der Waals surface area (Å²) in [5.41, 5.74) is 0.671. The molecule has 31 heavy (non-hydrogen) atoms. The number of nitrogens with zero attached hydrogens (tertiary/aromatic N) is 1. The third-order valence-corrected chi connectivity index (χ3v) is 7.06. The van der Waals surface area contributed by atoms with E-state index in [-0.39, 0.29) is 31.4 Å². The van der Waals surface area contributed by atoms with Gasteiger partial charge in [0.25, 0.3) is 0 Å². The molecule has 7 nitrogen and oxygen atoms in total. The second-order valence-corrected chi connectivity index (χ2v) is 9.35. The second-order valence-electron chi connectivity index (χ2n) is 7.34. The molecule has 2 aromatic carbocycles. The molecule has 1 atom stereocenters. The minimum atomic E-state index is -3.74. The Morgan fingerprint density at radius 3 is 2.48 bits per heavy atom. The second kappa shape index (κ2) is 10.2. The Labute approximate surface area is 179 Å². The van der Waals surface area contributed by atoms with E-state index in [1.165, 1.54) is 4.31 Å². The highest BCUT2D eigenvalue weighted by Crippen LogP contribution is 2.23. The van der Waals surface area contributed by atoms with Crippen molar-refractivity contribution in [3.8, 4) is 0 Å². The van der Waals surface area contributed by atoms with Crippen molar-refractivity contribution in [3.63, 3.8) is 0 Å². The number of piperidine rings is 1. The van der Waals surface area contributed by atoms with Gasteiger partial charge < -0.3 is 15.2 Å². The Morgan fingerprint density at radius 1 is 1.16 bits per heavy atom. The number of rotatable bonds is 8. The van der Waals surface area contributed by atoms with Crippen LogP contribution < -0.4 is 5.32 Å². The molecule has 0 saturated carbocycles. The molecule has 1 heterocycles. The van der Waals surface area contributed by atoms with E-state index in [4.69, 9.17) is 9.84 Å². The van der Waals surface area contributed by atoms with E-state index in [0.29, 0.717) is 18.4 Å². The van der Waals surface area contributed by atoms with E-state index in [0.717, 1.165) is 18.2 Å². The summed E-state index contributed by atoms with van der Waals surface area (Å²) in [4.78, 5) is 11.1. The summed E-state index contributed by atoms with van der Waals surface area (Å²) in [5, 5.41) is 11.4. The number of hydrogen-bond acceptors (Lipinski definition) is 4. The number of amides is 1. The lowest BCUT2D eigenvalue weighted by molar-refractivity contribution is 0.00889. The smallest absolute Gasteiger partial charge is 0.405 e. The maximum Gasteiger partial charge on any atom is 0.405 e. The molecule has 2 N–H and O–H groups in total. The van der Waals surface area contributed by atoms with Crippen molar-refractivity contribution in [2.24, 2.45) is 0 Å². The highest BCUT2D eigenvalue weighted by Gasteiger charge is 2.31. The molecular weight excluding hydrogens is 430 g/mol. The van der Waals surface area contributed by atoms with Crippen LogP contribution in [-0.2, 0) is 21.4 Å². The fraction of sp³-hybridized carbons (Fsp3) is 0.381. The summed E-state index contributed by atoms with van der Waals surface area (Å²) in [6, 6.07) is 10.8. The summed E-state index contributed by atoms with van der Waals surface area (Å²) >= 11 is 0. The topological polar surface area (TPSA) is 95.9 Å². The quantitative estimate of drug-likeness (QED) is 0.638. The molecule has 1 fully saturated rings. The number of nitrogens with one attached hydrogen (secondary N) is 1. The van der Waals surface area contributed by atoms with Crippen molar-refractivity contribution >= 4 is 16.1 Å². The van der Waals surface area contributed by atoms with Gasteiger partial charge >= 0.3 is 6.09 Å². The van der Waals surface area contributed by atoms with Crippen molar-refractivity contribution in [1.82, 2.24) is 9.62 Å². The standard InChI is InChI=1S/C21H24F2N2O5S/c22-17-6-7-19(23)16(12-17)13-30-18-8-10-25(11-9-18)31(28,29)14-20(24-21(26)27)15-4-2-1-3-5-15/h1-7,12,18,20,24H,8-11,13-14H2,(H,26,27)/t20-/m0/s1. The van der Waals surface area contributed by atoms with Crippen LogP contribution >= 0.6 is 0 Å². The Kier molecular flexibility index (Phi) is 7.58. The molecule has 168 valence electrons. The van der Waals surface area contributed by atoms with Gasteiger partial charge in [-0.05, 0) is 36.6 Å². The van der Waals surface area contributed by atoms with Crippen LogP contribution in [0.4, 0.5) is 13.6 Å². The van der Waals surface area contributed by atoms with E-state index >= 15 is 0 Å². The zero-order valence-corrected chi connectivity index (χ0v) is 17.5. The third kappa shape index (κ3) is 6.46. The average molecular weight is 454 g/mol. The number of hydrogen-bond donors (Lipinski definition) is 2. The minimum absolute atomic E-state index is 0.0976. The Hall–Kier alpha value is -2.56. The van der Waals surface area contributed by atoms with Crippen LogP contribution in [0.1, 0.15) is 30.0 Å². The molecule has 3 rings (SSSR count). The number of carbonyl (C=O) groups is 1. The number of benzene rings is 2. The first-order chi connectivity index (χ1) is 14.7. The lowest BCUT2D eigenvalue weighted by Crippen LogP contribution is -2.44. The molecule has 2 aromatic rings. The normalized spacial score (nSPS) is 16.7. The highest BCUT2D eigenvalue weighted by molar-refractivity contribution is 7.89. The number of carboxylic acid groups (broad SMARTS) is 1. The Balaban J connectivity index is 1.57. The average Bonchev–Trinajstić information content (AvgIpc) is 2.74. The van der Waals surface area contributed by atoms with Gasteiger partial charge in [-0.25, -0.2) is 26.3 Å². The van der Waals surface area contributed by atoms with Crippen LogP contribution in [0, 0.1) is 11.6 Å². The molecule has 1 saturated heterocycles. The summed E-state index contributed by atoms with van der Waals surface area (Å²) in [6.07, 6.45) is -0.784. The van der Waals surface area contributed by atoms with Crippen LogP contribution in [0.25, 0.3) is 0 Å². The minimum Gasteiger partial charge on any atom is -0.465 e. The number of ether oxygens (including phenoxy) is 1. The summed E-state index contributed by atoms with van der Waals surface area (Å²) < 4.78 is 59.7. The van der Waals surface area contributed by atoms with Crippen LogP contribution in [0.3, 0.4) is 0 Å². The van der Waals surface area contributed by atoms with Gasteiger partial charge in [0.2, 0.25) is 10.0 Å². The molecule has 0 spiro atoms. The summed E-state index contributed by atoms with van der Waals surface area (Å²) in [6.45, 7) is 0.306. The van der Waals surface area contributed by atoms with Gasteiger partial charge in [-0.1, -0.05) is 30.3 Å². The van der Waals surface area contributed by atoms with Gasteiger partial charge in [0.1, 0.15) is 11.6 Å². The first-order valence-electron chi connectivity index (χ1n) is 9.82. The van der Waals surface area contributed by atoms with Crippen molar-refractivity contribution in [1.29, 1.82) is 0 Å². The Morgan fingerprint density at radius 2 is 1.84 bits per heavy atom. The van der Waals surface area contributed by atoms with Gasteiger partial charge in [-0.3, -0.25) is 0 Å². The molecule has 0 radical (unpaired) electrons. The number of halogens is 2. The molecule has 0 aliphatic carbocycles. The molecule has 0 aromatic heterocycles. The Bertz CT molecular complexity index is 996. The first kappa shape index (κ1) is 23.1. The van der Waals surface area contributed by atoms with E-state index in [2.05, 4.69) is 5.32 Å². The molecule has 10 heteroatoms. The van der Waals surface area contributed by atoms with E-state index in [9.17, 15) is 22.0 Å². The predicted octanol–water partition coefficient (Wildman–Crippen LogP) is 3.28. The number of sulfonamides is 1. The van der Waals surface area contributed by atoms with Gasteiger partial charge in [0.15, 0.2) is 0 Å². The molecule has 0 bridgehead atoms. The zero-order chi connectivity index (χ0) is 22.4.